The van der Waals surface area contributed by atoms with E-state index in [1.165, 1.54) is 20.0 Å². The lowest BCUT2D eigenvalue weighted by molar-refractivity contribution is 0.175. The van der Waals surface area contributed by atoms with E-state index in [-0.39, 0.29) is 12.1 Å². The van der Waals surface area contributed by atoms with Crippen molar-refractivity contribution in [1.82, 2.24) is 9.78 Å². The first kappa shape index (κ1) is 19.9. The van der Waals surface area contributed by atoms with Gasteiger partial charge in [-0.2, -0.15) is 5.10 Å². The minimum absolute atomic E-state index is 0.0480. The first-order chi connectivity index (χ1) is 15.0. The number of anilines is 1. The monoisotopic (exact) mass is 437 g/mol. The molecule has 3 aromatic rings. The average Bonchev–Trinajstić information content (AvgIpc) is 3.52. The van der Waals surface area contributed by atoms with Crippen LogP contribution in [-0.4, -0.2) is 29.0 Å². The normalized spacial score (nSPS) is 17.9. The van der Waals surface area contributed by atoms with Crippen molar-refractivity contribution in [3.63, 3.8) is 0 Å². The van der Waals surface area contributed by atoms with E-state index in [1.807, 2.05) is 42.1 Å². The zero-order valence-corrected chi connectivity index (χ0v) is 18.3. The van der Waals surface area contributed by atoms with Crippen molar-refractivity contribution in [2.45, 2.75) is 44.7 Å². The van der Waals surface area contributed by atoms with E-state index >= 15 is 0 Å². The van der Waals surface area contributed by atoms with Crippen molar-refractivity contribution in [2.75, 3.05) is 12.0 Å². The van der Waals surface area contributed by atoms with Gasteiger partial charge in [0, 0.05) is 34.0 Å². The quantitative estimate of drug-likeness (QED) is 0.484. The Hall–Kier alpha value is -2.99. The number of rotatable bonds is 4. The van der Waals surface area contributed by atoms with Crippen LogP contribution in [0.5, 0.6) is 11.5 Å². The number of carbonyl (C=O) groups is 1. The number of benzene rings is 2. The fraction of sp³-hybridized carbons (Fsp3) is 0.333. The van der Waals surface area contributed by atoms with E-state index in [1.54, 1.807) is 17.0 Å². The van der Waals surface area contributed by atoms with Gasteiger partial charge in [0.25, 0.3) is 0 Å². The van der Waals surface area contributed by atoms with E-state index in [2.05, 4.69) is 11.3 Å². The summed E-state index contributed by atoms with van der Waals surface area (Å²) in [6.45, 7) is 2.03. The van der Waals surface area contributed by atoms with Crippen molar-refractivity contribution in [2.24, 2.45) is 0 Å². The predicted molar refractivity (Wildman–Crippen MR) is 120 cm³/mol. The van der Waals surface area contributed by atoms with Gasteiger partial charge in [0.1, 0.15) is 11.5 Å². The van der Waals surface area contributed by atoms with Crippen LogP contribution in [0.3, 0.4) is 0 Å². The highest BCUT2D eigenvalue weighted by molar-refractivity contribution is 6.30. The van der Waals surface area contributed by atoms with Gasteiger partial charge in [0.05, 0.1) is 25.0 Å². The fourth-order valence-electron chi connectivity index (χ4n) is 4.16. The Morgan fingerprint density at radius 1 is 1.13 bits per heavy atom. The summed E-state index contributed by atoms with van der Waals surface area (Å²) in [4.78, 5) is 14.2. The highest BCUT2D eigenvalue weighted by Crippen LogP contribution is 2.45. The van der Waals surface area contributed by atoms with Crippen molar-refractivity contribution in [3.8, 4) is 22.6 Å². The third-order valence-electron chi connectivity index (χ3n) is 5.99. The highest BCUT2D eigenvalue weighted by Gasteiger charge is 2.33. The summed E-state index contributed by atoms with van der Waals surface area (Å²) in [6.07, 6.45) is 7.58. The molecule has 0 bridgehead atoms. The molecule has 1 aliphatic carbocycles. The summed E-state index contributed by atoms with van der Waals surface area (Å²) in [5.74, 6) is 1.44. The Labute approximate surface area is 186 Å². The second kappa shape index (κ2) is 7.93. The van der Waals surface area contributed by atoms with E-state index in [0.717, 1.165) is 41.0 Å². The molecule has 160 valence electrons. The number of halogens is 1. The average molecular weight is 438 g/mol. The summed E-state index contributed by atoms with van der Waals surface area (Å²) in [5, 5.41) is 5.21. The number of hydrogen-bond donors (Lipinski definition) is 0. The van der Waals surface area contributed by atoms with Crippen LogP contribution in [0, 0.1) is 0 Å². The molecule has 1 fully saturated rings. The molecule has 0 radical (unpaired) electrons. The number of amides is 1. The van der Waals surface area contributed by atoms with Crippen LogP contribution >= 0.6 is 11.6 Å². The fourth-order valence-corrected chi connectivity index (χ4v) is 4.29. The molecule has 1 aliphatic heterocycles. The lowest BCUT2D eigenvalue weighted by Gasteiger charge is -2.35. The van der Waals surface area contributed by atoms with Crippen molar-refractivity contribution < 1.29 is 14.3 Å². The summed E-state index contributed by atoms with van der Waals surface area (Å²) < 4.78 is 13.5. The zero-order chi connectivity index (χ0) is 21.5. The van der Waals surface area contributed by atoms with Crippen LogP contribution in [0.25, 0.3) is 11.1 Å². The van der Waals surface area contributed by atoms with Crippen LogP contribution in [0.15, 0.2) is 48.8 Å². The number of fused-ring (bicyclic) bond motifs is 1. The SMILES string of the molecule is COC(=O)N1c2ccc(-c3cnn(C4CC4)c3)c(Oc3ccc(Cl)cc3)c2CC[C@@H]1C. The summed E-state index contributed by atoms with van der Waals surface area (Å²) in [5.41, 5.74) is 3.78. The van der Waals surface area contributed by atoms with Crippen LogP contribution in [0.2, 0.25) is 5.02 Å². The molecule has 0 saturated heterocycles. The molecule has 6 nitrogen and oxygen atoms in total. The molecule has 31 heavy (non-hydrogen) atoms. The molecule has 7 heteroatoms. The molecule has 0 N–H and O–H groups in total. The molecule has 2 aromatic carbocycles. The number of nitrogens with zero attached hydrogens (tertiary/aromatic N) is 3. The lowest BCUT2D eigenvalue weighted by atomic mass is 9.92. The maximum atomic E-state index is 12.5. The van der Waals surface area contributed by atoms with Crippen molar-refractivity contribution >= 4 is 23.4 Å². The Bertz CT molecular complexity index is 1120. The minimum Gasteiger partial charge on any atom is -0.456 e. The number of ether oxygens (including phenoxy) is 2. The molecular formula is C24H24ClN3O3. The number of hydrogen-bond acceptors (Lipinski definition) is 4. The van der Waals surface area contributed by atoms with Gasteiger partial charge < -0.3 is 9.47 Å². The Morgan fingerprint density at radius 2 is 1.90 bits per heavy atom. The van der Waals surface area contributed by atoms with E-state index in [9.17, 15) is 4.79 Å². The Balaban J connectivity index is 1.63. The highest BCUT2D eigenvalue weighted by atomic mass is 35.5. The largest absolute Gasteiger partial charge is 0.456 e. The number of carbonyl (C=O) groups excluding carboxylic acids is 1. The summed E-state index contributed by atoms with van der Waals surface area (Å²) >= 11 is 6.06. The molecule has 1 saturated carbocycles. The van der Waals surface area contributed by atoms with Gasteiger partial charge in [-0.3, -0.25) is 9.58 Å². The van der Waals surface area contributed by atoms with Crippen LogP contribution in [0.4, 0.5) is 10.5 Å². The second-order valence-corrected chi connectivity index (χ2v) is 8.60. The van der Waals surface area contributed by atoms with Crippen LogP contribution in [-0.2, 0) is 11.2 Å². The van der Waals surface area contributed by atoms with E-state index < -0.39 is 0 Å². The first-order valence-electron chi connectivity index (χ1n) is 10.6. The molecular weight excluding hydrogens is 414 g/mol. The first-order valence-corrected chi connectivity index (χ1v) is 10.9. The van der Waals surface area contributed by atoms with Gasteiger partial charge in [0.2, 0.25) is 0 Å². The maximum absolute atomic E-state index is 12.5. The zero-order valence-electron chi connectivity index (χ0n) is 17.5. The van der Waals surface area contributed by atoms with Crippen molar-refractivity contribution in [3.05, 3.63) is 59.4 Å². The van der Waals surface area contributed by atoms with Crippen LogP contribution in [0.1, 0.15) is 37.8 Å². The third-order valence-corrected chi connectivity index (χ3v) is 6.24. The van der Waals surface area contributed by atoms with Gasteiger partial charge >= 0.3 is 6.09 Å². The van der Waals surface area contributed by atoms with Crippen LogP contribution < -0.4 is 9.64 Å². The molecule has 0 spiro atoms. The van der Waals surface area contributed by atoms with Gasteiger partial charge in [-0.25, -0.2) is 4.79 Å². The Kier molecular flexibility index (Phi) is 5.10. The predicted octanol–water partition coefficient (Wildman–Crippen LogP) is 6.24. The minimum atomic E-state index is -0.361. The van der Waals surface area contributed by atoms with Gasteiger partial charge in [0.15, 0.2) is 0 Å². The second-order valence-electron chi connectivity index (χ2n) is 8.16. The van der Waals surface area contributed by atoms with Gasteiger partial charge in [-0.15, -0.1) is 0 Å². The third kappa shape index (κ3) is 3.76. The molecule has 2 aliphatic rings. The standard InChI is InChI=1S/C24H24ClN3O3/c1-15-3-10-21-22(28(15)24(29)30-2)12-11-20(16-13-26-27(14-16)18-6-7-18)23(21)31-19-8-4-17(25)5-9-19/h4-5,8-9,11-15,18H,3,6-7,10H2,1-2H3/t15-/m0/s1. The molecule has 5 rings (SSSR count). The molecule has 1 amide bonds. The number of methoxy groups -OCH3 is 1. The van der Waals surface area contributed by atoms with Gasteiger partial charge in [-0.1, -0.05) is 11.6 Å². The molecule has 1 atom stereocenters. The van der Waals surface area contributed by atoms with E-state index in [0.29, 0.717) is 16.8 Å². The van der Waals surface area contributed by atoms with E-state index in [4.69, 9.17) is 21.1 Å². The molecule has 1 aromatic heterocycles. The van der Waals surface area contributed by atoms with Crippen molar-refractivity contribution in [1.29, 1.82) is 0 Å². The smallest absolute Gasteiger partial charge is 0.414 e. The lowest BCUT2D eigenvalue weighted by Crippen LogP contribution is -2.42. The van der Waals surface area contributed by atoms with Gasteiger partial charge in [-0.05, 0) is 69.0 Å². The summed E-state index contributed by atoms with van der Waals surface area (Å²) in [7, 11) is 1.41. The Morgan fingerprint density at radius 3 is 2.61 bits per heavy atom. The summed E-state index contributed by atoms with van der Waals surface area (Å²) in [6, 6.07) is 11.9. The maximum Gasteiger partial charge on any atom is 0.414 e. The molecule has 2 heterocycles. The number of aromatic nitrogens is 2. The topological polar surface area (TPSA) is 56.6 Å². The molecule has 0 unspecified atom stereocenters.